The number of esters is 1. The molecule has 0 aliphatic rings. The van der Waals surface area contributed by atoms with Gasteiger partial charge in [0.1, 0.15) is 0 Å². The minimum absolute atomic E-state index is 0.233. The smallest absolute Gasteiger partial charge is 0.313 e. The molecule has 0 radical (unpaired) electrons. The van der Waals surface area contributed by atoms with Crippen LogP contribution < -0.4 is 5.32 Å². The normalized spacial score (nSPS) is 11.1. The molecule has 1 rings (SSSR count). The number of aryl methyl sites for hydroxylation is 1. The van der Waals surface area contributed by atoms with Crippen LogP contribution in [0.3, 0.4) is 0 Å². The summed E-state index contributed by atoms with van der Waals surface area (Å²) in [6, 6.07) is 5.73. The van der Waals surface area contributed by atoms with Gasteiger partial charge in [0.05, 0.1) is 12.5 Å². The zero-order valence-corrected chi connectivity index (χ0v) is 11.4. The number of hydrogen-bond acceptors (Lipinski definition) is 3. The molecule has 0 aliphatic carbocycles. The van der Waals surface area contributed by atoms with Crippen LogP contribution >= 0.6 is 11.6 Å². The summed E-state index contributed by atoms with van der Waals surface area (Å²) in [7, 11) is 1.40. The van der Waals surface area contributed by atoms with Crippen molar-refractivity contribution in [1.82, 2.24) is 0 Å². The Bertz CT molecular complexity index is 416. The second kappa shape index (κ2) is 5.41. The summed E-state index contributed by atoms with van der Waals surface area (Å²) in [5.41, 5.74) is 1.37. The summed E-state index contributed by atoms with van der Waals surface area (Å²) in [5.74, 6) is -0.233. The summed E-state index contributed by atoms with van der Waals surface area (Å²) in [6.45, 7) is 6.12. The lowest BCUT2D eigenvalue weighted by Gasteiger charge is -2.22. The molecule has 3 nitrogen and oxygen atoms in total. The van der Waals surface area contributed by atoms with E-state index in [9.17, 15) is 4.79 Å². The van der Waals surface area contributed by atoms with Gasteiger partial charge in [-0.1, -0.05) is 17.7 Å². The zero-order chi connectivity index (χ0) is 13.1. The molecule has 0 aliphatic heterocycles. The number of anilines is 1. The van der Waals surface area contributed by atoms with Crippen molar-refractivity contribution in [3.63, 3.8) is 0 Å². The monoisotopic (exact) mass is 255 g/mol. The number of halogens is 1. The van der Waals surface area contributed by atoms with Gasteiger partial charge in [-0.3, -0.25) is 4.79 Å². The van der Waals surface area contributed by atoms with Gasteiger partial charge >= 0.3 is 5.97 Å². The van der Waals surface area contributed by atoms with E-state index in [2.05, 4.69) is 5.32 Å². The van der Waals surface area contributed by atoms with Crippen LogP contribution in [0.15, 0.2) is 18.2 Å². The zero-order valence-electron chi connectivity index (χ0n) is 10.6. The van der Waals surface area contributed by atoms with E-state index >= 15 is 0 Å². The molecular formula is C13H18ClNO2. The largest absolute Gasteiger partial charge is 0.469 e. The van der Waals surface area contributed by atoms with Gasteiger partial charge in [-0.05, 0) is 38.5 Å². The maximum atomic E-state index is 11.5. The minimum atomic E-state index is -0.563. The van der Waals surface area contributed by atoms with Gasteiger partial charge in [-0.2, -0.15) is 0 Å². The topological polar surface area (TPSA) is 38.3 Å². The number of rotatable bonds is 4. The third kappa shape index (κ3) is 3.63. The molecule has 0 spiro atoms. The second-order valence-corrected chi connectivity index (χ2v) is 5.10. The van der Waals surface area contributed by atoms with Gasteiger partial charge in [0.25, 0.3) is 0 Å². The van der Waals surface area contributed by atoms with Crippen LogP contribution in [-0.4, -0.2) is 19.6 Å². The summed E-state index contributed by atoms with van der Waals surface area (Å²) < 4.78 is 4.74. The minimum Gasteiger partial charge on any atom is -0.469 e. The molecule has 0 bridgehead atoms. The fraction of sp³-hybridized carbons (Fsp3) is 0.462. The van der Waals surface area contributed by atoms with Gasteiger partial charge in [0, 0.05) is 17.3 Å². The highest BCUT2D eigenvalue weighted by Crippen LogP contribution is 2.22. The predicted molar refractivity (Wildman–Crippen MR) is 70.5 cm³/mol. The van der Waals surface area contributed by atoms with Crippen LogP contribution in [0.25, 0.3) is 0 Å². The SMILES string of the molecule is COC(=O)C(C)(C)CNc1ccc(C)c(Cl)c1. The lowest BCUT2D eigenvalue weighted by molar-refractivity contribution is -0.149. The van der Waals surface area contributed by atoms with Crippen molar-refractivity contribution in [1.29, 1.82) is 0 Å². The Morgan fingerprint density at radius 2 is 2.12 bits per heavy atom. The lowest BCUT2D eigenvalue weighted by atomic mass is 9.93. The van der Waals surface area contributed by atoms with Crippen LogP contribution in [0.2, 0.25) is 5.02 Å². The van der Waals surface area contributed by atoms with Crippen molar-refractivity contribution >= 4 is 23.3 Å². The molecule has 1 aromatic carbocycles. The summed E-state index contributed by atoms with van der Waals surface area (Å²) in [6.07, 6.45) is 0. The number of ether oxygens (including phenoxy) is 1. The molecule has 0 heterocycles. The highest BCUT2D eigenvalue weighted by Gasteiger charge is 2.28. The molecule has 0 atom stereocenters. The molecule has 0 fully saturated rings. The number of methoxy groups -OCH3 is 1. The van der Waals surface area contributed by atoms with E-state index in [1.807, 2.05) is 39.0 Å². The Hall–Kier alpha value is -1.22. The van der Waals surface area contributed by atoms with E-state index in [0.29, 0.717) is 11.6 Å². The number of benzene rings is 1. The molecule has 0 aromatic heterocycles. The molecular weight excluding hydrogens is 238 g/mol. The Kier molecular flexibility index (Phi) is 4.40. The quantitative estimate of drug-likeness (QED) is 0.840. The van der Waals surface area contributed by atoms with Gasteiger partial charge < -0.3 is 10.1 Å². The Labute approximate surface area is 107 Å². The van der Waals surface area contributed by atoms with Crippen LogP contribution in [0.1, 0.15) is 19.4 Å². The summed E-state index contributed by atoms with van der Waals surface area (Å²) in [4.78, 5) is 11.5. The highest BCUT2D eigenvalue weighted by atomic mass is 35.5. The first-order valence-electron chi connectivity index (χ1n) is 5.45. The molecule has 17 heavy (non-hydrogen) atoms. The molecule has 0 saturated carbocycles. The number of carbonyl (C=O) groups is 1. The second-order valence-electron chi connectivity index (χ2n) is 4.69. The maximum Gasteiger partial charge on any atom is 0.313 e. The van der Waals surface area contributed by atoms with Crippen LogP contribution in [0.5, 0.6) is 0 Å². The van der Waals surface area contributed by atoms with E-state index in [1.54, 1.807) is 0 Å². The third-order valence-electron chi connectivity index (χ3n) is 2.64. The van der Waals surface area contributed by atoms with Crippen molar-refractivity contribution in [3.05, 3.63) is 28.8 Å². The fourth-order valence-corrected chi connectivity index (χ4v) is 1.55. The van der Waals surface area contributed by atoms with Crippen molar-refractivity contribution in [3.8, 4) is 0 Å². The number of nitrogens with one attached hydrogen (secondary N) is 1. The summed E-state index contributed by atoms with van der Waals surface area (Å²) in [5, 5.41) is 3.90. The Balaban J connectivity index is 2.67. The molecule has 0 amide bonds. The van der Waals surface area contributed by atoms with Crippen molar-refractivity contribution in [2.24, 2.45) is 5.41 Å². The average molecular weight is 256 g/mol. The molecule has 1 N–H and O–H groups in total. The first-order chi connectivity index (χ1) is 7.86. The molecule has 1 aromatic rings. The van der Waals surface area contributed by atoms with Crippen LogP contribution in [0.4, 0.5) is 5.69 Å². The van der Waals surface area contributed by atoms with Crippen LogP contribution in [0, 0.1) is 12.3 Å². The first-order valence-corrected chi connectivity index (χ1v) is 5.83. The maximum absolute atomic E-state index is 11.5. The van der Waals surface area contributed by atoms with E-state index in [1.165, 1.54) is 7.11 Å². The standard InChI is InChI=1S/C13H18ClNO2/c1-9-5-6-10(7-11(9)14)15-8-13(2,3)12(16)17-4/h5-7,15H,8H2,1-4H3. The molecule has 94 valence electrons. The van der Waals surface area contributed by atoms with Gasteiger partial charge in [0.15, 0.2) is 0 Å². The average Bonchev–Trinajstić information content (AvgIpc) is 2.29. The molecule has 0 saturated heterocycles. The van der Waals surface area contributed by atoms with Gasteiger partial charge in [-0.15, -0.1) is 0 Å². The van der Waals surface area contributed by atoms with Crippen molar-refractivity contribution < 1.29 is 9.53 Å². The van der Waals surface area contributed by atoms with Gasteiger partial charge in [-0.25, -0.2) is 0 Å². The highest BCUT2D eigenvalue weighted by molar-refractivity contribution is 6.31. The summed E-state index contributed by atoms with van der Waals surface area (Å²) >= 11 is 6.02. The first kappa shape index (κ1) is 13.8. The number of carbonyl (C=O) groups excluding carboxylic acids is 1. The van der Waals surface area contributed by atoms with Gasteiger partial charge in [0.2, 0.25) is 0 Å². The van der Waals surface area contributed by atoms with Crippen molar-refractivity contribution in [2.45, 2.75) is 20.8 Å². The lowest BCUT2D eigenvalue weighted by Crippen LogP contribution is -2.33. The predicted octanol–water partition coefficient (Wildman–Crippen LogP) is 3.26. The third-order valence-corrected chi connectivity index (χ3v) is 3.05. The van der Waals surface area contributed by atoms with Crippen LogP contribution in [-0.2, 0) is 9.53 Å². The van der Waals surface area contributed by atoms with E-state index in [-0.39, 0.29) is 5.97 Å². The molecule has 0 unspecified atom stereocenters. The Morgan fingerprint density at radius 1 is 1.47 bits per heavy atom. The van der Waals surface area contributed by atoms with E-state index in [0.717, 1.165) is 11.3 Å². The Morgan fingerprint density at radius 3 is 2.65 bits per heavy atom. The molecule has 4 heteroatoms. The fourth-order valence-electron chi connectivity index (χ4n) is 1.37. The van der Waals surface area contributed by atoms with E-state index < -0.39 is 5.41 Å². The number of hydrogen-bond donors (Lipinski definition) is 1. The van der Waals surface area contributed by atoms with Crippen molar-refractivity contribution in [2.75, 3.05) is 19.0 Å². The van der Waals surface area contributed by atoms with E-state index in [4.69, 9.17) is 16.3 Å².